The molecule has 7 heteroatoms. The summed E-state index contributed by atoms with van der Waals surface area (Å²) in [5.41, 5.74) is -0.380. The second-order valence-electron chi connectivity index (χ2n) is 16.3. The molecule has 0 aliphatic heterocycles. The molecule has 0 heterocycles. The van der Waals surface area contributed by atoms with E-state index in [-0.39, 0.29) is 33.7 Å². The van der Waals surface area contributed by atoms with Crippen LogP contribution in [0.25, 0.3) is 0 Å². The third-order valence-electron chi connectivity index (χ3n) is 14.5. The van der Waals surface area contributed by atoms with E-state index < -0.39 is 36.5 Å². The molecule has 0 aromatic rings. The van der Waals surface area contributed by atoms with Gasteiger partial charge in [-0.05, 0) is 116 Å². The van der Waals surface area contributed by atoms with Crippen molar-refractivity contribution < 1.29 is 34.1 Å². The highest BCUT2D eigenvalue weighted by molar-refractivity contribution is 5.77. The van der Waals surface area contributed by atoms with Crippen molar-refractivity contribution in [3.05, 3.63) is 0 Å². The van der Waals surface area contributed by atoms with Crippen molar-refractivity contribution in [1.82, 2.24) is 0 Å². The molecule has 5 aliphatic rings. The molecule has 5 unspecified atom stereocenters. The summed E-state index contributed by atoms with van der Waals surface area (Å²) < 4.78 is 10.7. The number of fused-ring (bicyclic) bond motifs is 7. The van der Waals surface area contributed by atoms with Crippen LogP contribution in [0.3, 0.4) is 0 Å². The van der Waals surface area contributed by atoms with Crippen LogP contribution in [0, 0.1) is 62.6 Å². The van der Waals surface area contributed by atoms with Crippen LogP contribution >= 0.6 is 0 Å². The maximum absolute atomic E-state index is 12.9. The Bertz CT molecular complexity index is 1070. The number of aliphatic carboxylic acids is 1. The van der Waals surface area contributed by atoms with Gasteiger partial charge in [-0.3, -0.25) is 4.79 Å². The molecule has 5 fully saturated rings. The van der Waals surface area contributed by atoms with E-state index in [1.54, 1.807) is 0 Å². The highest BCUT2D eigenvalue weighted by Crippen LogP contribution is 2.77. The standard InChI is InChI=1S/C34H54O7/c1-20(2)21-10-15-34(29(38)39)17-16-32(6)22(28(21)34)8-9-24-31(5)13-12-25(41-27(37)19-40-26(36)18-35)30(3,4)23(31)11-14-33(24,32)7/h20-25,28,35H,8-19H2,1-7H3,(H,38,39)/t21?,22?,23?,24?,25-,28?,31-,32+,33+,34-/m0/s1. The fourth-order valence-electron chi connectivity index (χ4n) is 12.3. The lowest BCUT2D eigenvalue weighted by Gasteiger charge is -2.72. The number of carbonyl (C=O) groups excluding carboxylic acids is 2. The second-order valence-corrected chi connectivity index (χ2v) is 16.3. The SMILES string of the molecule is CC(C)C1CC[C@]2(C(=O)O)CC[C@]3(C)C(CCC4[C@@]5(C)CC[C@H](OC(=O)COC(=O)CO)C(C)(C)C5CC[C@]43C)C12. The smallest absolute Gasteiger partial charge is 0.344 e. The Kier molecular flexibility index (Phi) is 7.69. The highest BCUT2D eigenvalue weighted by atomic mass is 16.6. The molecule has 232 valence electrons. The minimum atomic E-state index is -0.825. The van der Waals surface area contributed by atoms with Crippen molar-refractivity contribution in [3.8, 4) is 0 Å². The van der Waals surface area contributed by atoms with Gasteiger partial charge in [0.05, 0.1) is 5.41 Å². The number of rotatable bonds is 6. The number of carbonyl (C=O) groups is 3. The minimum absolute atomic E-state index is 0.116. The molecule has 0 saturated heterocycles. The average Bonchev–Trinajstić information content (AvgIpc) is 3.31. The molecule has 0 aromatic carbocycles. The minimum Gasteiger partial charge on any atom is -0.481 e. The number of esters is 2. The summed E-state index contributed by atoms with van der Waals surface area (Å²) in [6.07, 6.45) is 9.73. The molecule has 41 heavy (non-hydrogen) atoms. The Morgan fingerprint density at radius 2 is 1.51 bits per heavy atom. The molecule has 0 spiro atoms. The van der Waals surface area contributed by atoms with Gasteiger partial charge in [-0.25, -0.2) is 9.59 Å². The first-order chi connectivity index (χ1) is 19.1. The summed E-state index contributed by atoms with van der Waals surface area (Å²) in [6.45, 7) is 15.5. The fourth-order valence-corrected chi connectivity index (χ4v) is 12.3. The van der Waals surface area contributed by atoms with Crippen LogP contribution < -0.4 is 0 Å². The van der Waals surface area contributed by atoms with Crippen LogP contribution in [0.15, 0.2) is 0 Å². The van der Waals surface area contributed by atoms with E-state index in [0.717, 1.165) is 64.2 Å². The lowest BCUT2D eigenvalue weighted by atomic mass is 9.32. The first-order valence-corrected chi connectivity index (χ1v) is 16.3. The largest absolute Gasteiger partial charge is 0.481 e. The number of carboxylic acid groups (broad SMARTS) is 1. The van der Waals surface area contributed by atoms with Gasteiger partial charge in [-0.15, -0.1) is 0 Å². The van der Waals surface area contributed by atoms with Gasteiger partial charge in [-0.1, -0.05) is 48.5 Å². The van der Waals surface area contributed by atoms with Gasteiger partial charge in [0.1, 0.15) is 12.7 Å². The lowest BCUT2D eigenvalue weighted by Crippen LogP contribution is -2.67. The second kappa shape index (κ2) is 10.2. The molecule has 0 aromatic heterocycles. The summed E-state index contributed by atoms with van der Waals surface area (Å²) >= 11 is 0. The molecule has 7 nitrogen and oxygen atoms in total. The molecule has 0 amide bonds. The van der Waals surface area contributed by atoms with Gasteiger partial charge in [0.2, 0.25) is 0 Å². The number of hydrogen-bond donors (Lipinski definition) is 2. The highest BCUT2D eigenvalue weighted by Gasteiger charge is 2.72. The molecular formula is C34H54O7. The first kappa shape index (κ1) is 30.8. The Hall–Kier alpha value is -1.63. The third kappa shape index (κ3) is 4.32. The van der Waals surface area contributed by atoms with Crippen LogP contribution in [0.4, 0.5) is 0 Å². The number of carboxylic acids is 1. The summed E-state index contributed by atoms with van der Waals surface area (Å²) in [7, 11) is 0. The van der Waals surface area contributed by atoms with Crippen molar-refractivity contribution in [2.45, 2.75) is 119 Å². The van der Waals surface area contributed by atoms with Crippen LogP contribution in [0.1, 0.15) is 113 Å². The number of aliphatic hydroxyl groups excluding tert-OH is 1. The number of hydrogen-bond acceptors (Lipinski definition) is 6. The zero-order chi connectivity index (χ0) is 30.2. The van der Waals surface area contributed by atoms with Gasteiger partial charge >= 0.3 is 17.9 Å². The third-order valence-corrected chi connectivity index (χ3v) is 14.5. The molecule has 5 saturated carbocycles. The Labute approximate surface area is 246 Å². The summed E-state index contributed by atoms with van der Waals surface area (Å²) in [5.74, 6) is 0.748. The summed E-state index contributed by atoms with van der Waals surface area (Å²) in [4.78, 5) is 36.8. The fraction of sp³-hybridized carbons (Fsp3) is 0.912. The van der Waals surface area contributed by atoms with Gasteiger partial charge in [-0.2, -0.15) is 0 Å². The maximum atomic E-state index is 12.9. The molecule has 2 N–H and O–H groups in total. The van der Waals surface area contributed by atoms with E-state index in [4.69, 9.17) is 14.6 Å². The van der Waals surface area contributed by atoms with Gasteiger partial charge < -0.3 is 19.7 Å². The van der Waals surface area contributed by atoms with Crippen LogP contribution in [-0.4, -0.2) is 47.4 Å². The van der Waals surface area contributed by atoms with Crippen molar-refractivity contribution in [2.24, 2.45) is 62.6 Å². The van der Waals surface area contributed by atoms with Gasteiger partial charge in [0.15, 0.2) is 6.61 Å². The van der Waals surface area contributed by atoms with Crippen molar-refractivity contribution in [1.29, 1.82) is 0 Å². The predicted molar refractivity (Wildman–Crippen MR) is 155 cm³/mol. The molecule has 0 bridgehead atoms. The van der Waals surface area contributed by atoms with Gasteiger partial charge in [0, 0.05) is 5.41 Å². The van der Waals surface area contributed by atoms with Crippen molar-refractivity contribution in [2.75, 3.05) is 13.2 Å². The quantitative estimate of drug-likeness (QED) is 0.361. The van der Waals surface area contributed by atoms with Crippen LogP contribution in [-0.2, 0) is 23.9 Å². The monoisotopic (exact) mass is 574 g/mol. The zero-order valence-corrected chi connectivity index (χ0v) is 26.5. The van der Waals surface area contributed by atoms with E-state index in [1.165, 1.54) is 0 Å². The lowest BCUT2D eigenvalue weighted by molar-refractivity contribution is -0.252. The summed E-state index contributed by atoms with van der Waals surface area (Å²) in [6, 6.07) is 0. The Morgan fingerprint density at radius 3 is 2.15 bits per heavy atom. The number of ether oxygens (including phenoxy) is 2. The van der Waals surface area contributed by atoms with E-state index in [0.29, 0.717) is 29.6 Å². The van der Waals surface area contributed by atoms with Crippen LogP contribution in [0.2, 0.25) is 0 Å². The zero-order valence-electron chi connectivity index (χ0n) is 26.5. The molecule has 0 radical (unpaired) electrons. The average molecular weight is 575 g/mol. The molecular weight excluding hydrogens is 520 g/mol. The topological polar surface area (TPSA) is 110 Å². The normalized spacial score (nSPS) is 46.5. The molecule has 5 rings (SSSR count). The van der Waals surface area contributed by atoms with Crippen molar-refractivity contribution >= 4 is 17.9 Å². The summed E-state index contributed by atoms with van der Waals surface area (Å²) in [5, 5.41) is 19.5. The molecule has 10 atom stereocenters. The first-order valence-electron chi connectivity index (χ1n) is 16.3. The Morgan fingerprint density at radius 1 is 0.805 bits per heavy atom. The van der Waals surface area contributed by atoms with Gasteiger partial charge in [0.25, 0.3) is 0 Å². The van der Waals surface area contributed by atoms with E-state index in [9.17, 15) is 19.5 Å². The molecule has 5 aliphatic carbocycles. The van der Waals surface area contributed by atoms with E-state index in [1.807, 2.05) is 0 Å². The van der Waals surface area contributed by atoms with E-state index >= 15 is 0 Å². The number of aliphatic hydroxyl groups is 1. The van der Waals surface area contributed by atoms with Crippen LogP contribution in [0.5, 0.6) is 0 Å². The van der Waals surface area contributed by atoms with E-state index in [2.05, 4.69) is 48.5 Å². The maximum Gasteiger partial charge on any atom is 0.344 e. The Balaban J connectivity index is 1.41. The predicted octanol–water partition coefficient (Wildman–Crippen LogP) is 6.26. The van der Waals surface area contributed by atoms with Crippen molar-refractivity contribution in [3.63, 3.8) is 0 Å².